The van der Waals surface area contributed by atoms with Crippen LogP contribution in [-0.4, -0.2) is 23.7 Å². The third-order valence-electron chi connectivity index (χ3n) is 2.36. The second-order valence-corrected chi connectivity index (χ2v) is 4.17. The van der Waals surface area contributed by atoms with Gasteiger partial charge in [-0.15, -0.1) is 12.6 Å². The van der Waals surface area contributed by atoms with Gasteiger partial charge in [-0.3, -0.25) is 4.79 Å². The summed E-state index contributed by atoms with van der Waals surface area (Å²) >= 11 is 4.15. The van der Waals surface area contributed by atoms with Crippen molar-refractivity contribution in [2.75, 3.05) is 6.54 Å². The maximum atomic E-state index is 11.6. The molecule has 0 radical (unpaired) electrons. The van der Waals surface area contributed by atoms with Crippen LogP contribution in [0, 0.1) is 0 Å². The molecule has 0 aliphatic rings. The van der Waals surface area contributed by atoms with E-state index in [1.165, 1.54) is 0 Å². The standard InChI is InChI=1S/C12H17NO2S/c1-2-10(14)7-8-13-12(15)9-3-5-11(16)6-4-9/h3-6,10,14,16H,2,7-8H2,1H3,(H,13,15). The zero-order valence-corrected chi connectivity index (χ0v) is 10.2. The summed E-state index contributed by atoms with van der Waals surface area (Å²) in [6.07, 6.45) is 0.969. The molecule has 1 unspecified atom stereocenters. The molecular formula is C12H17NO2S. The van der Waals surface area contributed by atoms with Crippen LogP contribution >= 0.6 is 12.6 Å². The van der Waals surface area contributed by atoms with E-state index >= 15 is 0 Å². The van der Waals surface area contributed by atoms with Gasteiger partial charge in [0.1, 0.15) is 0 Å². The highest BCUT2D eigenvalue weighted by atomic mass is 32.1. The largest absolute Gasteiger partial charge is 0.393 e. The fourth-order valence-corrected chi connectivity index (χ4v) is 1.42. The number of nitrogens with one attached hydrogen (secondary N) is 1. The molecule has 1 aromatic rings. The molecule has 1 aromatic carbocycles. The van der Waals surface area contributed by atoms with Gasteiger partial charge < -0.3 is 10.4 Å². The minimum absolute atomic E-state index is 0.114. The summed E-state index contributed by atoms with van der Waals surface area (Å²) in [5.41, 5.74) is 0.615. The number of amides is 1. The second kappa shape index (κ2) is 6.55. The Morgan fingerprint density at radius 3 is 2.62 bits per heavy atom. The van der Waals surface area contributed by atoms with Crippen LogP contribution in [0.15, 0.2) is 29.2 Å². The van der Waals surface area contributed by atoms with Gasteiger partial charge in [-0.05, 0) is 37.1 Å². The van der Waals surface area contributed by atoms with Crippen molar-refractivity contribution >= 4 is 18.5 Å². The lowest BCUT2D eigenvalue weighted by Gasteiger charge is -2.08. The fourth-order valence-electron chi connectivity index (χ4n) is 1.27. The number of rotatable bonds is 5. The normalized spacial score (nSPS) is 12.2. The zero-order valence-electron chi connectivity index (χ0n) is 9.31. The lowest BCUT2D eigenvalue weighted by atomic mass is 10.2. The van der Waals surface area contributed by atoms with Gasteiger partial charge in [-0.1, -0.05) is 6.92 Å². The van der Waals surface area contributed by atoms with E-state index in [0.717, 1.165) is 4.90 Å². The van der Waals surface area contributed by atoms with Gasteiger partial charge in [-0.25, -0.2) is 0 Å². The van der Waals surface area contributed by atoms with Gasteiger partial charge >= 0.3 is 0 Å². The Kier molecular flexibility index (Phi) is 5.35. The summed E-state index contributed by atoms with van der Waals surface area (Å²) in [6.45, 7) is 2.41. The van der Waals surface area contributed by atoms with Crippen molar-refractivity contribution in [3.63, 3.8) is 0 Å². The first-order chi connectivity index (χ1) is 7.63. The third kappa shape index (κ3) is 4.24. The number of hydrogen-bond donors (Lipinski definition) is 3. The van der Waals surface area contributed by atoms with Crippen LogP contribution in [0.4, 0.5) is 0 Å². The fraction of sp³-hybridized carbons (Fsp3) is 0.417. The Bertz CT molecular complexity index is 337. The lowest BCUT2D eigenvalue weighted by Crippen LogP contribution is -2.26. The number of benzene rings is 1. The van der Waals surface area contributed by atoms with Crippen LogP contribution in [0.3, 0.4) is 0 Å². The maximum absolute atomic E-state index is 11.6. The molecule has 0 fully saturated rings. The van der Waals surface area contributed by atoms with Crippen molar-refractivity contribution in [2.24, 2.45) is 0 Å². The number of aliphatic hydroxyl groups is 1. The predicted molar refractivity (Wildman–Crippen MR) is 66.9 cm³/mol. The van der Waals surface area contributed by atoms with Crippen molar-refractivity contribution < 1.29 is 9.90 Å². The number of aliphatic hydroxyl groups excluding tert-OH is 1. The smallest absolute Gasteiger partial charge is 0.251 e. The average Bonchev–Trinajstić information content (AvgIpc) is 2.29. The highest BCUT2D eigenvalue weighted by Crippen LogP contribution is 2.07. The van der Waals surface area contributed by atoms with Crippen LogP contribution in [0.2, 0.25) is 0 Å². The summed E-state index contributed by atoms with van der Waals surface area (Å²) in [5, 5.41) is 12.1. The molecule has 0 aliphatic heterocycles. The summed E-state index contributed by atoms with van der Waals surface area (Å²) in [7, 11) is 0. The first kappa shape index (κ1) is 13.1. The molecule has 3 nitrogen and oxygen atoms in total. The first-order valence-electron chi connectivity index (χ1n) is 5.38. The highest BCUT2D eigenvalue weighted by molar-refractivity contribution is 7.80. The molecular weight excluding hydrogens is 222 g/mol. The van der Waals surface area contributed by atoms with Crippen LogP contribution in [0.1, 0.15) is 30.1 Å². The van der Waals surface area contributed by atoms with Crippen molar-refractivity contribution in [3.8, 4) is 0 Å². The number of hydrogen-bond acceptors (Lipinski definition) is 3. The van der Waals surface area contributed by atoms with E-state index in [9.17, 15) is 9.90 Å². The Hall–Kier alpha value is -1.00. The third-order valence-corrected chi connectivity index (χ3v) is 2.66. The highest BCUT2D eigenvalue weighted by Gasteiger charge is 2.05. The molecule has 0 spiro atoms. The van der Waals surface area contributed by atoms with E-state index < -0.39 is 0 Å². The number of carbonyl (C=O) groups is 1. The van der Waals surface area contributed by atoms with Crippen molar-refractivity contribution in [3.05, 3.63) is 29.8 Å². The quantitative estimate of drug-likeness (QED) is 0.687. The van der Waals surface area contributed by atoms with E-state index in [2.05, 4.69) is 17.9 Å². The van der Waals surface area contributed by atoms with Crippen LogP contribution in [0.25, 0.3) is 0 Å². The summed E-state index contributed by atoms with van der Waals surface area (Å²) in [6, 6.07) is 7.01. The SMILES string of the molecule is CCC(O)CCNC(=O)c1ccc(S)cc1. The monoisotopic (exact) mass is 239 g/mol. The molecule has 16 heavy (non-hydrogen) atoms. The molecule has 0 bridgehead atoms. The van der Waals surface area contributed by atoms with Crippen molar-refractivity contribution in [1.29, 1.82) is 0 Å². The van der Waals surface area contributed by atoms with Crippen LogP contribution in [-0.2, 0) is 0 Å². The average molecular weight is 239 g/mol. The minimum Gasteiger partial charge on any atom is -0.393 e. The van der Waals surface area contributed by atoms with Crippen LogP contribution in [0.5, 0.6) is 0 Å². The predicted octanol–water partition coefficient (Wildman–Crippen LogP) is 1.87. The van der Waals surface area contributed by atoms with Gasteiger partial charge in [0.15, 0.2) is 0 Å². The van der Waals surface area contributed by atoms with Gasteiger partial charge in [0.2, 0.25) is 0 Å². The van der Waals surface area contributed by atoms with E-state index in [-0.39, 0.29) is 12.0 Å². The molecule has 0 heterocycles. The van der Waals surface area contributed by atoms with Gasteiger partial charge in [-0.2, -0.15) is 0 Å². The molecule has 0 saturated heterocycles. The van der Waals surface area contributed by atoms with Crippen molar-refractivity contribution in [2.45, 2.75) is 30.8 Å². The Labute approximate surface area is 101 Å². The molecule has 1 rings (SSSR count). The summed E-state index contributed by atoms with van der Waals surface area (Å²) < 4.78 is 0. The molecule has 0 aliphatic carbocycles. The molecule has 4 heteroatoms. The molecule has 0 aromatic heterocycles. The lowest BCUT2D eigenvalue weighted by molar-refractivity contribution is 0.0942. The van der Waals surface area contributed by atoms with Gasteiger partial charge in [0.25, 0.3) is 5.91 Å². The molecule has 0 saturated carbocycles. The topological polar surface area (TPSA) is 49.3 Å². The molecule has 2 N–H and O–H groups in total. The Morgan fingerprint density at radius 2 is 2.06 bits per heavy atom. The van der Waals surface area contributed by atoms with E-state index in [1.807, 2.05) is 6.92 Å². The Morgan fingerprint density at radius 1 is 1.44 bits per heavy atom. The van der Waals surface area contributed by atoms with Gasteiger partial charge in [0.05, 0.1) is 6.10 Å². The zero-order chi connectivity index (χ0) is 12.0. The van der Waals surface area contributed by atoms with E-state index in [0.29, 0.717) is 24.9 Å². The number of carbonyl (C=O) groups excluding carboxylic acids is 1. The first-order valence-corrected chi connectivity index (χ1v) is 5.83. The molecule has 88 valence electrons. The molecule has 1 amide bonds. The van der Waals surface area contributed by atoms with E-state index in [1.54, 1.807) is 24.3 Å². The van der Waals surface area contributed by atoms with E-state index in [4.69, 9.17) is 0 Å². The molecule has 1 atom stereocenters. The van der Waals surface area contributed by atoms with Crippen molar-refractivity contribution in [1.82, 2.24) is 5.32 Å². The second-order valence-electron chi connectivity index (χ2n) is 3.65. The summed E-state index contributed by atoms with van der Waals surface area (Å²) in [4.78, 5) is 12.4. The summed E-state index contributed by atoms with van der Waals surface area (Å²) in [5.74, 6) is -0.114. The maximum Gasteiger partial charge on any atom is 0.251 e. The number of thiol groups is 1. The van der Waals surface area contributed by atoms with Gasteiger partial charge in [0, 0.05) is 17.0 Å². The minimum atomic E-state index is -0.333. The Balaban J connectivity index is 2.38. The van der Waals surface area contributed by atoms with Crippen LogP contribution < -0.4 is 5.32 Å².